The average molecular weight is 451 g/mol. The third-order valence-electron chi connectivity index (χ3n) is 5.88. The highest BCUT2D eigenvalue weighted by molar-refractivity contribution is 7.80. The van der Waals surface area contributed by atoms with Crippen molar-refractivity contribution < 1.29 is 14.6 Å². The van der Waals surface area contributed by atoms with E-state index in [1.807, 2.05) is 30.3 Å². The van der Waals surface area contributed by atoms with Gasteiger partial charge in [-0.3, -0.25) is 9.78 Å². The quantitative estimate of drug-likeness (QED) is 0.438. The Bertz CT molecular complexity index is 1130. The number of carbonyl (C=O) groups excluding carboxylic acids is 1. The van der Waals surface area contributed by atoms with Gasteiger partial charge in [-0.1, -0.05) is 6.07 Å². The molecule has 0 spiro atoms. The molecule has 0 amide bonds. The summed E-state index contributed by atoms with van der Waals surface area (Å²) < 4.78 is 7.00. The minimum absolute atomic E-state index is 0.140. The molecule has 0 aliphatic carbocycles. The van der Waals surface area contributed by atoms with Gasteiger partial charge in [0.15, 0.2) is 5.11 Å². The Morgan fingerprint density at radius 1 is 1.22 bits per heavy atom. The summed E-state index contributed by atoms with van der Waals surface area (Å²) >= 11 is 5.67. The van der Waals surface area contributed by atoms with E-state index in [1.165, 1.54) is 7.11 Å². The van der Waals surface area contributed by atoms with Gasteiger partial charge in [-0.25, -0.2) is 0 Å². The number of hydrogen-bond donors (Lipinski definition) is 2. The Morgan fingerprint density at radius 3 is 2.62 bits per heavy atom. The molecule has 166 valence electrons. The van der Waals surface area contributed by atoms with Crippen molar-refractivity contribution in [3.63, 3.8) is 0 Å². The van der Waals surface area contributed by atoms with E-state index in [-0.39, 0.29) is 30.2 Å². The summed E-state index contributed by atoms with van der Waals surface area (Å²) in [4.78, 5) is 18.5. The summed E-state index contributed by atoms with van der Waals surface area (Å²) in [5.41, 5.74) is 5.08. The molecule has 3 aromatic rings. The molecule has 1 fully saturated rings. The average Bonchev–Trinajstić information content (AvgIpc) is 3.28. The van der Waals surface area contributed by atoms with Crippen LogP contribution in [0.4, 0.5) is 0 Å². The lowest BCUT2D eigenvalue weighted by Gasteiger charge is -2.28. The number of phenolic OH excluding ortho intramolecular Hbond substituents is 1. The van der Waals surface area contributed by atoms with Crippen molar-refractivity contribution in [2.75, 3.05) is 13.7 Å². The monoisotopic (exact) mass is 450 g/mol. The molecule has 1 aliphatic rings. The fraction of sp³-hybridized carbons (Fsp3) is 0.292. The van der Waals surface area contributed by atoms with E-state index in [0.29, 0.717) is 11.7 Å². The number of aromatic hydroxyl groups is 1. The van der Waals surface area contributed by atoms with E-state index in [1.54, 1.807) is 18.3 Å². The number of thiocarbonyl (C=S) groups is 1. The first-order valence-electron chi connectivity index (χ1n) is 10.4. The fourth-order valence-electron chi connectivity index (χ4n) is 4.38. The van der Waals surface area contributed by atoms with Gasteiger partial charge in [0, 0.05) is 29.8 Å². The fourth-order valence-corrected chi connectivity index (χ4v) is 4.72. The number of aromatic nitrogens is 2. The molecule has 2 aromatic heterocycles. The first-order chi connectivity index (χ1) is 15.4. The summed E-state index contributed by atoms with van der Waals surface area (Å²) in [5.74, 6) is -0.0478. The number of aryl methyl sites for hydroxylation is 1. The SMILES string of the molecule is COC(=O)CCN1C(=S)N[C@@H](c2ccccn2)[C@H]1c1cc(C)n(-c2ccc(O)cc2)c1C. The van der Waals surface area contributed by atoms with Crippen LogP contribution in [0.15, 0.2) is 54.7 Å². The molecule has 32 heavy (non-hydrogen) atoms. The van der Waals surface area contributed by atoms with Gasteiger partial charge in [0.1, 0.15) is 5.75 Å². The van der Waals surface area contributed by atoms with Crippen molar-refractivity contribution in [1.82, 2.24) is 19.8 Å². The third kappa shape index (κ3) is 4.05. The number of rotatable bonds is 6. The minimum atomic E-state index is -0.276. The Hall–Kier alpha value is -3.39. The molecule has 0 unspecified atom stereocenters. The summed E-state index contributed by atoms with van der Waals surface area (Å²) in [7, 11) is 1.39. The van der Waals surface area contributed by atoms with Crippen LogP contribution in [0.25, 0.3) is 5.69 Å². The molecule has 3 heterocycles. The normalized spacial score (nSPS) is 18.0. The van der Waals surface area contributed by atoms with E-state index in [9.17, 15) is 9.90 Å². The van der Waals surface area contributed by atoms with Crippen molar-refractivity contribution in [1.29, 1.82) is 0 Å². The molecule has 1 aromatic carbocycles. The lowest BCUT2D eigenvalue weighted by molar-refractivity contribution is -0.140. The Kier molecular flexibility index (Phi) is 6.14. The number of ether oxygens (including phenoxy) is 1. The molecule has 8 heteroatoms. The number of nitrogens with one attached hydrogen (secondary N) is 1. The molecule has 2 atom stereocenters. The van der Waals surface area contributed by atoms with E-state index in [0.717, 1.165) is 28.3 Å². The summed E-state index contributed by atoms with van der Waals surface area (Å²) in [6.45, 7) is 4.57. The molecule has 1 aliphatic heterocycles. The number of phenols is 1. The number of pyridine rings is 1. The van der Waals surface area contributed by atoms with Crippen molar-refractivity contribution in [3.8, 4) is 11.4 Å². The minimum Gasteiger partial charge on any atom is -0.508 e. The van der Waals surface area contributed by atoms with Crippen LogP contribution in [0.3, 0.4) is 0 Å². The van der Waals surface area contributed by atoms with Crippen LogP contribution in [0.2, 0.25) is 0 Å². The predicted octanol–water partition coefficient (Wildman–Crippen LogP) is 3.73. The lowest BCUT2D eigenvalue weighted by Crippen LogP contribution is -2.32. The zero-order valence-electron chi connectivity index (χ0n) is 18.3. The largest absolute Gasteiger partial charge is 0.508 e. The molecule has 1 saturated heterocycles. The smallest absolute Gasteiger partial charge is 0.307 e. The van der Waals surface area contributed by atoms with Crippen molar-refractivity contribution in [2.24, 2.45) is 0 Å². The summed E-state index contributed by atoms with van der Waals surface area (Å²) in [5, 5.41) is 13.7. The number of carbonyl (C=O) groups is 1. The maximum atomic E-state index is 11.9. The van der Waals surface area contributed by atoms with Crippen LogP contribution in [0, 0.1) is 13.8 Å². The van der Waals surface area contributed by atoms with Crippen molar-refractivity contribution >= 4 is 23.3 Å². The standard InChI is InChI=1S/C24H26N4O3S/c1-15-14-19(16(2)28(15)17-7-9-18(29)10-8-17)23-22(20-6-4-5-12-25-20)26-24(32)27(23)13-11-21(30)31-3/h4-10,12,14,22-23,29H,11,13H2,1-3H3,(H,26,32)/t22-,23+/m0/s1. The second kappa shape index (κ2) is 9.00. The summed E-state index contributed by atoms with van der Waals surface area (Å²) in [6, 6.07) is 14.8. The molecule has 0 bridgehead atoms. The van der Waals surface area contributed by atoms with Crippen LogP contribution in [-0.2, 0) is 9.53 Å². The Labute approximate surface area is 192 Å². The van der Waals surface area contributed by atoms with Crippen LogP contribution in [0.5, 0.6) is 5.75 Å². The Morgan fingerprint density at radius 2 is 1.97 bits per heavy atom. The van der Waals surface area contributed by atoms with Gasteiger partial charge in [0.25, 0.3) is 0 Å². The first kappa shape index (κ1) is 21.8. The molecular formula is C24H26N4O3S. The second-order valence-electron chi connectivity index (χ2n) is 7.82. The maximum absolute atomic E-state index is 11.9. The topological polar surface area (TPSA) is 79.6 Å². The Balaban J connectivity index is 1.78. The highest BCUT2D eigenvalue weighted by Crippen LogP contribution is 2.41. The number of benzene rings is 1. The van der Waals surface area contributed by atoms with Gasteiger partial charge in [-0.15, -0.1) is 0 Å². The molecular weight excluding hydrogens is 424 g/mol. The number of esters is 1. The van der Waals surface area contributed by atoms with E-state index in [2.05, 4.69) is 39.7 Å². The van der Waals surface area contributed by atoms with Crippen LogP contribution >= 0.6 is 12.2 Å². The molecule has 4 rings (SSSR count). The highest BCUT2D eigenvalue weighted by atomic mass is 32.1. The highest BCUT2D eigenvalue weighted by Gasteiger charge is 2.41. The number of methoxy groups -OCH3 is 1. The second-order valence-corrected chi connectivity index (χ2v) is 8.21. The summed E-state index contributed by atoms with van der Waals surface area (Å²) in [6.07, 6.45) is 2.01. The zero-order chi connectivity index (χ0) is 22.8. The van der Waals surface area contributed by atoms with Gasteiger partial charge >= 0.3 is 5.97 Å². The molecule has 0 radical (unpaired) electrons. The van der Waals surface area contributed by atoms with E-state index < -0.39 is 0 Å². The molecule has 7 nitrogen and oxygen atoms in total. The lowest BCUT2D eigenvalue weighted by atomic mass is 9.96. The third-order valence-corrected chi connectivity index (χ3v) is 6.23. The maximum Gasteiger partial charge on any atom is 0.307 e. The van der Waals surface area contributed by atoms with Crippen molar-refractivity contribution in [3.05, 3.63) is 77.4 Å². The van der Waals surface area contributed by atoms with Gasteiger partial charge in [-0.2, -0.15) is 0 Å². The van der Waals surface area contributed by atoms with Gasteiger partial charge in [0.2, 0.25) is 0 Å². The van der Waals surface area contributed by atoms with Gasteiger partial charge < -0.3 is 24.6 Å². The van der Waals surface area contributed by atoms with Gasteiger partial charge in [-0.05, 0) is 74.1 Å². The van der Waals surface area contributed by atoms with Gasteiger partial charge in [0.05, 0.1) is 31.3 Å². The number of nitrogens with zero attached hydrogens (tertiary/aromatic N) is 3. The predicted molar refractivity (Wildman–Crippen MR) is 126 cm³/mol. The van der Waals surface area contributed by atoms with Crippen LogP contribution in [-0.4, -0.2) is 44.3 Å². The van der Waals surface area contributed by atoms with Crippen LogP contribution < -0.4 is 5.32 Å². The van der Waals surface area contributed by atoms with E-state index in [4.69, 9.17) is 17.0 Å². The van der Waals surface area contributed by atoms with E-state index >= 15 is 0 Å². The van der Waals surface area contributed by atoms with Crippen LogP contribution in [0.1, 0.15) is 41.1 Å². The van der Waals surface area contributed by atoms with Crippen molar-refractivity contribution in [2.45, 2.75) is 32.4 Å². The molecule has 0 saturated carbocycles. The number of hydrogen-bond acceptors (Lipinski definition) is 5. The zero-order valence-corrected chi connectivity index (χ0v) is 19.1. The molecule has 2 N–H and O–H groups in total. The first-order valence-corrected chi connectivity index (χ1v) is 10.8.